The minimum Gasteiger partial charge on any atom is -0.465 e. The highest BCUT2D eigenvalue weighted by Gasteiger charge is 2.50. The summed E-state index contributed by atoms with van der Waals surface area (Å²) in [6.45, 7) is 14.0. The predicted octanol–water partition coefficient (Wildman–Crippen LogP) is 7.43. The molecule has 0 aliphatic heterocycles. The van der Waals surface area contributed by atoms with Crippen molar-refractivity contribution in [3.05, 3.63) is 60.7 Å². The highest BCUT2D eigenvalue weighted by Crippen LogP contribution is 2.37. The van der Waals surface area contributed by atoms with Gasteiger partial charge in [0.1, 0.15) is 0 Å². The maximum Gasteiger partial charge on any atom is 0.311 e. The molecule has 2 aromatic rings. The molecule has 0 saturated carbocycles. The van der Waals surface area contributed by atoms with Crippen LogP contribution in [0.4, 0.5) is 0 Å². The van der Waals surface area contributed by atoms with Gasteiger partial charge in [-0.2, -0.15) is 0 Å². The summed E-state index contributed by atoms with van der Waals surface area (Å²) in [5.41, 5.74) is -0.453. The van der Waals surface area contributed by atoms with E-state index in [0.29, 0.717) is 18.4 Å². The summed E-state index contributed by atoms with van der Waals surface area (Å²) in [5, 5.41) is 2.64. The van der Waals surface area contributed by atoms with Gasteiger partial charge in [-0.05, 0) is 71.7 Å². The molecule has 200 valence electrons. The fourth-order valence-electron chi connectivity index (χ4n) is 4.84. The predicted molar refractivity (Wildman–Crippen MR) is 173 cm³/mol. The van der Waals surface area contributed by atoms with Gasteiger partial charge >= 0.3 is 5.97 Å². The quantitative estimate of drug-likeness (QED) is 0.0931. The zero-order valence-corrected chi connectivity index (χ0v) is 28.2. The van der Waals surface area contributed by atoms with Crippen LogP contribution in [0.25, 0.3) is 0 Å². The van der Waals surface area contributed by atoms with Gasteiger partial charge in [-0.3, -0.25) is 4.79 Å². The Hall–Kier alpha value is -0.453. The Morgan fingerprint density at radius 2 is 1.28 bits per heavy atom. The van der Waals surface area contributed by atoms with E-state index >= 15 is 0 Å². The third-order valence-corrected chi connectivity index (χ3v) is 13.7. The largest absolute Gasteiger partial charge is 0.465 e. The molecule has 0 N–H and O–H groups in total. The van der Waals surface area contributed by atoms with E-state index in [-0.39, 0.29) is 11.0 Å². The van der Waals surface area contributed by atoms with E-state index in [9.17, 15) is 4.79 Å². The van der Waals surface area contributed by atoms with Gasteiger partial charge in [0.15, 0.2) is 0 Å². The Morgan fingerprint density at radius 1 is 0.778 bits per heavy atom. The second-order valence-corrected chi connectivity index (χ2v) is 17.9. The van der Waals surface area contributed by atoms with Gasteiger partial charge in [-0.25, -0.2) is 0 Å². The number of esters is 1. The molecule has 0 fully saturated rings. The molecule has 0 amide bonds. The van der Waals surface area contributed by atoms with E-state index in [0.717, 1.165) is 34.7 Å². The summed E-state index contributed by atoms with van der Waals surface area (Å²) in [4.78, 5) is 12.2. The number of rotatable bonds is 13. The fraction of sp³-hybridized carbons (Fsp3) is 0.567. The summed E-state index contributed by atoms with van der Waals surface area (Å²) < 4.78 is 15.0. The average Bonchev–Trinajstić information content (AvgIpc) is 2.83. The van der Waals surface area contributed by atoms with Crippen LogP contribution in [0.1, 0.15) is 60.8 Å². The lowest BCUT2D eigenvalue weighted by Crippen LogP contribution is -2.66. The van der Waals surface area contributed by atoms with Crippen LogP contribution in [0.5, 0.6) is 0 Å². The van der Waals surface area contributed by atoms with Crippen LogP contribution < -0.4 is 10.4 Å². The van der Waals surface area contributed by atoms with Gasteiger partial charge < -0.3 is 9.16 Å². The molecule has 0 aliphatic carbocycles. The molecule has 2 rings (SSSR count). The second kappa shape index (κ2) is 14.6. The van der Waals surface area contributed by atoms with Gasteiger partial charge in [0.05, 0.1) is 12.0 Å². The van der Waals surface area contributed by atoms with E-state index in [4.69, 9.17) is 9.16 Å². The third kappa shape index (κ3) is 8.53. The SMILES string of the molecule is CC(C)(C)C(=O)OCC[C@@H](CI)[C@@H](CCI)CCO[Si](c1ccccc1)(c1ccccc1)C(C)(C)C. The lowest BCUT2D eigenvalue weighted by Gasteiger charge is -2.43. The Morgan fingerprint density at radius 3 is 1.69 bits per heavy atom. The fourth-order valence-corrected chi connectivity index (χ4v) is 11.4. The van der Waals surface area contributed by atoms with Crippen LogP contribution in [0.3, 0.4) is 0 Å². The van der Waals surface area contributed by atoms with Gasteiger partial charge in [0, 0.05) is 11.0 Å². The Kier molecular flexibility index (Phi) is 12.9. The lowest BCUT2D eigenvalue weighted by molar-refractivity contribution is -0.153. The van der Waals surface area contributed by atoms with Crippen LogP contribution in [-0.4, -0.2) is 36.4 Å². The van der Waals surface area contributed by atoms with Crippen molar-refractivity contribution in [1.82, 2.24) is 0 Å². The van der Waals surface area contributed by atoms with Gasteiger partial charge in [0.2, 0.25) is 0 Å². The lowest BCUT2D eigenvalue weighted by atomic mass is 9.87. The first kappa shape index (κ1) is 31.8. The monoisotopic (exact) mass is 734 g/mol. The second-order valence-electron chi connectivity index (χ2n) is 11.6. The molecule has 0 aromatic heterocycles. The van der Waals surface area contributed by atoms with E-state index < -0.39 is 13.7 Å². The van der Waals surface area contributed by atoms with Gasteiger partial charge in [-0.1, -0.05) is 127 Å². The standard InChI is InChI=1S/C30H44I2O3Si/c1-29(2,3)28(33)34-21-18-25(23-32)24(17-20-31)19-22-35-36(30(4,5)6,26-13-9-7-10-14-26)27-15-11-8-12-16-27/h7-16,24-25H,17-23H2,1-6H3/t24-,25-/m0/s1. The normalized spacial score (nSPS) is 14.3. The first-order valence-electron chi connectivity index (χ1n) is 13.0. The van der Waals surface area contributed by atoms with Crippen molar-refractivity contribution in [2.45, 2.75) is 65.8 Å². The van der Waals surface area contributed by atoms with Crippen molar-refractivity contribution < 1.29 is 14.0 Å². The molecular formula is C30H44I2O3Si. The highest BCUT2D eigenvalue weighted by atomic mass is 127. The number of alkyl halides is 2. The molecular weight excluding hydrogens is 690 g/mol. The molecule has 0 spiro atoms. The smallest absolute Gasteiger partial charge is 0.311 e. The summed E-state index contributed by atoms with van der Waals surface area (Å²) >= 11 is 4.99. The third-order valence-electron chi connectivity index (χ3n) is 6.90. The van der Waals surface area contributed by atoms with E-state index in [1.807, 2.05) is 20.8 Å². The number of benzene rings is 2. The average molecular weight is 735 g/mol. The number of hydrogen-bond donors (Lipinski definition) is 0. The molecule has 2 atom stereocenters. The summed E-state index contributed by atoms with van der Waals surface area (Å²) in [7, 11) is -2.52. The Bertz CT molecular complexity index is 868. The molecule has 0 bridgehead atoms. The first-order valence-corrected chi connectivity index (χ1v) is 18.0. The molecule has 0 heterocycles. The van der Waals surface area contributed by atoms with E-state index in [1.54, 1.807) is 0 Å². The molecule has 0 unspecified atom stereocenters. The van der Waals surface area contributed by atoms with E-state index in [1.165, 1.54) is 10.4 Å². The van der Waals surface area contributed by atoms with Crippen LogP contribution in [-0.2, 0) is 14.0 Å². The topological polar surface area (TPSA) is 35.5 Å². The molecule has 0 saturated heterocycles. The van der Waals surface area contributed by atoms with Crippen LogP contribution in [0, 0.1) is 17.3 Å². The van der Waals surface area contributed by atoms with Crippen molar-refractivity contribution >= 4 is 69.8 Å². The van der Waals surface area contributed by atoms with Crippen LogP contribution >= 0.6 is 45.2 Å². The zero-order valence-electron chi connectivity index (χ0n) is 22.9. The summed E-state index contributed by atoms with van der Waals surface area (Å²) in [5.74, 6) is 0.941. The van der Waals surface area contributed by atoms with Crippen molar-refractivity contribution in [3.63, 3.8) is 0 Å². The van der Waals surface area contributed by atoms with Crippen molar-refractivity contribution in [2.75, 3.05) is 22.1 Å². The number of carbonyl (C=O) groups excluding carboxylic acids is 1. The van der Waals surface area contributed by atoms with Crippen LogP contribution in [0.2, 0.25) is 5.04 Å². The molecule has 0 aliphatic rings. The van der Waals surface area contributed by atoms with Gasteiger partial charge in [-0.15, -0.1) is 0 Å². The molecule has 36 heavy (non-hydrogen) atoms. The number of hydrogen-bond acceptors (Lipinski definition) is 3. The molecule has 3 nitrogen and oxygen atoms in total. The number of ether oxygens (including phenoxy) is 1. The molecule has 6 heteroatoms. The number of carbonyl (C=O) groups is 1. The van der Waals surface area contributed by atoms with Gasteiger partial charge in [0.25, 0.3) is 8.32 Å². The first-order chi connectivity index (χ1) is 17.0. The highest BCUT2D eigenvalue weighted by molar-refractivity contribution is 14.1. The molecule has 2 aromatic carbocycles. The summed E-state index contributed by atoms with van der Waals surface area (Å²) in [6, 6.07) is 21.7. The van der Waals surface area contributed by atoms with Crippen molar-refractivity contribution in [3.8, 4) is 0 Å². The van der Waals surface area contributed by atoms with Crippen molar-refractivity contribution in [2.24, 2.45) is 17.3 Å². The number of halogens is 2. The maximum absolute atomic E-state index is 12.2. The van der Waals surface area contributed by atoms with E-state index in [2.05, 4.69) is 127 Å². The maximum atomic E-state index is 12.2. The van der Waals surface area contributed by atoms with Crippen LogP contribution in [0.15, 0.2) is 60.7 Å². The summed E-state index contributed by atoms with van der Waals surface area (Å²) in [6.07, 6.45) is 3.09. The minimum atomic E-state index is -2.52. The Labute approximate surface area is 247 Å². The molecule has 0 radical (unpaired) electrons. The van der Waals surface area contributed by atoms with Crippen molar-refractivity contribution in [1.29, 1.82) is 0 Å². The Balaban J connectivity index is 2.22. The minimum absolute atomic E-state index is 0.0156. The zero-order chi connectivity index (χ0) is 26.8.